The van der Waals surface area contributed by atoms with Gasteiger partial charge in [0.05, 0.1) is 5.56 Å². The van der Waals surface area contributed by atoms with Crippen LogP contribution in [0, 0.1) is 17.5 Å². The van der Waals surface area contributed by atoms with Gasteiger partial charge in [-0.2, -0.15) is 0 Å². The smallest absolute Gasteiger partial charge is 0.260 e. The highest BCUT2D eigenvalue weighted by molar-refractivity contribution is 6.30. The van der Waals surface area contributed by atoms with E-state index in [1.165, 1.54) is 4.90 Å². The van der Waals surface area contributed by atoms with Crippen LogP contribution in [-0.4, -0.2) is 41.9 Å². The van der Waals surface area contributed by atoms with Gasteiger partial charge in [0.1, 0.15) is 5.75 Å². The number of benzene rings is 2. The lowest BCUT2D eigenvalue weighted by molar-refractivity contribution is -0.128. The maximum atomic E-state index is 13.9. The highest BCUT2D eigenvalue weighted by Crippen LogP contribution is 2.20. The van der Waals surface area contributed by atoms with Crippen molar-refractivity contribution in [3.05, 3.63) is 64.4 Å². The van der Waals surface area contributed by atoms with Crippen LogP contribution in [0.2, 0.25) is 5.02 Å². The molecule has 0 spiro atoms. The van der Waals surface area contributed by atoms with Crippen molar-refractivity contribution in [3.8, 4) is 5.75 Å². The van der Waals surface area contributed by atoms with Crippen molar-refractivity contribution in [1.82, 2.24) is 10.2 Å². The standard InChI is InChI=1S/C21H20ClF3N2O3/c1-12(30-15-4-2-13(22)3-5-15)20(28)26-14-8-10-27(11-9-14)21(29)16-6-7-17(23)19(25)18(16)24/h2-7,12,14H,8-11H2,1H3,(H,26,28). The third kappa shape index (κ3) is 5.05. The summed E-state index contributed by atoms with van der Waals surface area (Å²) in [4.78, 5) is 26.1. The number of likely N-dealkylation sites (tertiary alicyclic amines) is 1. The van der Waals surface area contributed by atoms with Crippen LogP contribution in [0.25, 0.3) is 0 Å². The fourth-order valence-electron chi connectivity index (χ4n) is 3.18. The van der Waals surface area contributed by atoms with Crippen molar-refractivity contribution in [2.45, 2.75) is 31.9 Å². The number of piperidine rings is 1. The zero-order chi connectivity index (χ0) is 21.8. The molecule has 1 fully saturated rings. The van der Waals surface area contributed by atoms with E-state index in [-0.39, 0.29) is 25.0 Å². The average molecular weight is 441 g/mol. The average Bonchev–Trinajstić information content (AvgIpc) is 2.74. The summed E-state index contributed by atoms with van der Waals surface area (Å²) in [7, 11) is 0. The lowest BCUT2D eigenvalue weighted by atomic mass is 10.0. The van der Waals surface area contributed by atoms with Crippen LogP contribution in [0.3, 0.4) is 0 Å². The molecule has 0 aromatic heterocycles. The summed E-state index contributed by atoms with van der Waals surface area (Å²) < 4.78 is 45.9. The molecule has 3 rings (SSSR count). The zero-order valence-corrected chi connectivity index (χ0v) is 16.9. The lowest BCUT2D eigenvalue weighted by Crippen LogP contribution is -2.49. The van der Waals surface area contributed by atoms with Crippen LogP contribution >= 0.6 is 11.6 Å². The first-order valence-electron chi connectivity index (χ1n) is 9.41. The maximum Gasteiger partial charge on any atom is 0.260 e. The quantitative estimate of drug-likeness (QED) is 0.716. The van der Waals surface area contributed by atoms with Crippen LogP contribution in [-0.2, 0) is 4.79 Å². The summed E-state index contributed by atoms with van der Waals surface area (Å²) in [6.07, 6.45) is 0.148. The topological polar surface area (TPSA) is 58.6 Å². The van der Waals surface area contributed by atoms with Gasteiger partial charge in [0.15, 0.2) is 23.6 Å². The van der Waals surface area contributed by atoms with Gasteiger partial charge < -0.3 is 15.0 Å². The number of rotatable bonds is 5. The Morgan fingerprint density at radius 1 is 1.07 bits per heavy atom. The molecule has 30 heavy (non-hydrogen) atoms. The molecular formula is C21H20ClF3N2O3. The van der Waals surface area contributed by atoms with E-state index in [4.69, 9.17) is 16.3 Å². The molecule has 2 aromatic rings. The molecule has 0 aliphatic carbocycles. The summed E-state index contributed by atoms with van der Waals surface area (Å²) in [5, 5.41) is 3.43. The van der Waals surface area contributed by atoms with Gasteiger partial charge in [-0.15, -0.1) is 0 Å². The highest BCUT2D eigenvalue weighted by atomic mass is 35.5. The van der Waals surface area contributed by atoms with Crippen molar-refractivity contribution in [3.63, 3.8) is 0 Å². The van der Waals surface area contributed by atoms with Gasteiger partial charge in [0.25, 0.3) is 11.8 Å². The molecule has 1 aliphatic rings. The molecule has 1 aliphatic heterocycles. The number of halogens is 4. The van der Waals surface area contributed by atoms with Crippen molar-refractivity contribution in [2.75, 3.05) is 13.1 Å². The molecule has 1 saturated heterocycles. The summed E-state index contributed by atoms with van der Waals surface area (Å²) in [5.74, 6) is -5.02. The normalized spacial score (nSPS) is 15.6. The Morgan fingerprint density at radius 3 is 2.33 bits per heavy atom. The first-order chi connectivity index (χ1) is 14.3. The summed E-state index contributed by atoms with van der Waals surface area (Å²) in [6, 6.07) is 8.10. The van der Waals surface area contributed by atoms with Crippen molar-refractivity contribution >= 4 is 23.4 Å². The fourth-order valence-corrected chi connectivity index (χ4v) is 3.30. The van der Waals surface area contributed by atoms with Crippen molar-refractivity contribution < 1.29 is 27.5 Å². The van der Waals surface area contributed by atoms with E-state index < -0.39 is 35.0 Å². The Bertz CT molecular complexity index is 932. The predicted octanol–water partition coefficient (Wildman–Crippen LogP) is 3.95. The SMILES string of the molecule is CC(Oc1ccc(Cl)cc1)C(=O)NC1CCN(C(=O)c2ccc(F)c(F)c2F)CC1. The first-order valence-corrected chi connectivity index (χ1v) is 9.79. The van der Waals surface area contributed by atoms with Gasteiger partial charge in [-0.3, -0.25) is 9.59 Å². The summed E-state index contributed by atoms with van der Waals surface area (Å²) in [5.41, 5.74) is -0.513. The molecule has 9 heteroatoms. The Labute approximate surface area is 176 Å². The minimum atomic E-state index is -1.67. The minimum absolute atomic E-state index is 0.187. The van der Waals surface area contributed by atoms with Gasteiger partial charge >= 0.3 is 0 Å². The number of ether oxygens (including phenoxy) is 1. The molecule has 5 nitrogen and oxygen atoms in total. The summed E-state index contributed by atoms with van der Waals surface area (Å²) in [6.45, 7) is 2.11. The van der Waals surface area contributed by atoms with Crippen molar-refractivity contribution in [1.29, 1.82) is 0 Å². The lowest BCUT2D eigenvalue weighted by Gasteiger charge is -2.33. The first kappa shape index (κ1) is 22.0. The fraction of sp³-hybridized carbons (Fsp3) is 0.333. The molecule has 1 N–H and O–H groups in total. The van der Waals surface area contributed by atoms with Gasteiger partial charge in [-0.25, -0.2) is 13.2 Å². The third-order valence-corrected chi connectivity index (χ3v) is 5.14. The Balaban J connectivity index is 1.51. The van der Waals surface area contributed by atoms with Gasteiger partial charge in [0, 0.05) is 24.2 Å². The number of hydrogen-bond acceptors (Lipinski definition) is 3. The van der Waals surface area contributed by atoms with Gasteiger partial charge in [-0.05, 0) is 56.2 Å². The van der Waals surface area contributed by atoms with E-state index >= 15 is 0 Å². The van der Waals surface area contributed by atoms with E-state index in [1.54, 1.807) is 31.2 Å². The van der Waals surface area contributed by atoms with Crippen molar-refractivity contribution in [2.24, 2.45) is 0 Å². The Hall–Kier alpha value is -2.74. The molecule has 2 aromatic carbocycles. The van der Waals surface area contributed by atoms with E-state index in [9.17, 15) is 22.8 Å². The molecule has 0 bridgehead atoms. The van der Waals surface area contributed by atoms with Crippen LogP contribution in [0.5, 0.6) is 5.75 Å². The Morgan fingerprint density at radius 2 is 1.70 bits per heavy atom. The van der Waals surface area contributed by atoms with Gasteiger partial charge in [-0.1, -0.05) is 11.6 Å². The van der Waals surface area contributed by atoms with Crippen LogP contribution in [0.1, 0.15) is 30.1 Å². The number of amides is 2. The monoisotopic (exact) mass is 440 g/mol. The summed E-state index contributed by atoms with van der Waals surface area (Å²) >= 11 is 5.82. The molecule has 0 radical (unpaired) electrons. The molecule has 2 amide bonds. The number of carbonyl (C=O) groups excluding carboxylic acids is 2. The number of nitrogens with one attached hydrogen (secondary N) is 1. The van der Waals surface area contributed by atoms with E-state index in [1.807, 2.05) is 0 Å². The molecule has 160 valence electrons. The third-order valence-electron chi connectivity index (χ3n) is 4.89. The number of nitrogens with zero attached hydrogens (tertiary/aromatic N) is 1. The molecule has 1 heterocycles. The highest BCUT2D eigenvalue weighted by Gasteiger charge is 2.28. The zero-order valence-electron chi connectivity index (χ0n) is 16.1. The number of carbonyl (C=O) groups is 2. The van der Waals surface area contributed by atoms with Crippen LogP contribution < -0.4 is 10.1 Å². The predicted molar refractivity (Wildman–Crippen MR) is 105 cm³/mol. The molecule has 0 saturated carbocycles. The van der Waals surface area contributed by atoms with E-state index in [2.05, 4.69) is 5.32 Å². The van der Waals surface area contributed by atoms with Gasteiger partial charge in [0.2, 0.25) is 0 Å². The minimum Gasteiger partial charge on any atom is -0.481 e. The second-order valence-electron chi connectivity index (χ2n) is 7.01. The second kappa shape index (κ2) is 9.38. The molecule has 1 unspecified atom stereocenters. The largest absolute Gasteiger partial charge is 0.481 e. The second-order valence-corrected chi connectivity index (χ2v) is 7.45. The van der Waals surface area contributed by atoms with Crippen LogP contribution in [0.15, 0.2) is 36.4 Å². The number of hydrogen-bond donors (Lipinski definition) is 1. The molecule has 1 atom stereocenters. The maximum absolute atomic E-state index is 13.9. The van der Waals surface area contributed by atoms with E-state index in [0.29, 0.717) is 23.6 Å². The van der Waals surface area contributed by atoms with Crippen LogP contribution in [0.4, 0.5) is 13.2 Å². The van der Waals surface area contributed by atoms with E-state index in [0.717, 1.165) is 12.1 Å². The Kier molecular flexibility index (Phi) is 6.87. The molecular weight excluding hydrogens is 421 g/mol.